The lowest BCUT2D eigenvalue weighted by Crippen LogP contribution is -2.36. The summed E-state index contributed by atoms with van der Waals surface area (Å²) in [4.78, 5) is 16.7. The highest BCUT2D eigenvalue weighted by Crippen LogP contribution is 2.34. The van der Waals surface area contributed by atoms with E-state index in [9.17, 15) is 4.79 Å². The van der Waals surface area contributed by atoms with Gasteiger partial charge < -0.3 is 4.74 Å². The number of hydroxylamine groups is 1. The molecule has 4 nitrogen and oxygen atoms in total. The van der Waals surface area contributed by atoms with E-state index < -0.39 is 0 Å². The zero-order chi connectivity index (χ0) is 9.26. The summed E-state index contributed by atoms with van der Waals surface area (Å²) in [6, 6.07) is -0.229. The van der Waals surface area contributed by atoms with Crippen LogP contribution in [0.3, 0.4) is 0 Å². The van der Waals surface area contributed by atoms with Crippen molar-refractivity contribution in [1.29, 1.82) is 0 Å². The molecule has 0 aromatic rings. The second-order valence-corrected chi connectivity index (χ2v) is 3.60. The predicted octanol–water partition coefficient (Wildman–Crippen LogP) is 0.622. The summed E-state index contributed by atoms with van der Waals surface area (Å²) < 4.78 is 4.95. The first-order chi connectivity index (χ1) is 6.33. The molecule has 1 heterocycles. The number of fused-ring (bicyclic) bond motifs is 1. The fourth-order valence-electron chi connectivity index (χ4n) is 2.19. The van der Waals surface area contributed by atoms with Crippen LogP contribution in [-0.2, 0) is 14.4 Å². The van der Waals surface area contributed by atoms with E-state index in [4.69, 9.17) is 9.57 Å². The van der Waals surface area contributed by atoms with Gasteiger partial charge in [-0.15, -0.1) is 0 Å². The van der Waals surface area contributed by atoms with E-state index in [2.05, 4.69) is 5.48 Å². The van der Waals surface area contributed by atoms with Gasteiger partial charge in [0.2, 0.25) is 0 Å². The van der Waals surface area contributed by atoms with Gasteiger partial charge in [-0.2, -0.15) is 5.48 Å². The van der Waals surface area contributed by atoms with Gasteiger partial charge in [0.1, 0.15) is 6.04 Å². The summed E-state index contributed by atoms with van der Waals surface area (Å²) in [6.07, 6.45) is 3.52. The molecule has 2 aliphatic rings. The number of rotatable bonds is 2. The quantitative estimate of drug-likeness (QED) is 0.641. The molecular weight excluding hydrogens is 170 g/mol. The van der Waals surface area contributed by atoms with Crippen LogP contribution in [0.5, 0.6) is 0 Å². The molecule has 0 spiro atoms. The second-order valence-electron chi connectivity index (χ2n) is 3.60. The zero-order valence-electron chi connectivity index (χ0n) is 7.79. The summed E-state index contributed by atoms with van der Waals surface area (Å²) in [5.41, 5.74) is 2.77. The highest BCUT2D eigenvalue weighted by atomic mass is 16.7. The van der Waals surface area contributed by atoms with E-state index in [-0.39, 0.29) is 18.1 Å². The number of ether oxygens (including phenoxy) is 1. The van der Waals surface area contributed by atoms with E-state index in [0.29, 0.717) is 12.5 Å². The first-order valence-corrected chi connectivity index (χ1v) is 4.90. The van der Waals surface area contributed by atoms with Crippen LogP contribution in [0.4, 0.5) is 0 Å². The third-order valence-electron chi connectivity index (χ3n) is 2.82. The fraction of sp³-hybridized carbons (Fsp3) is 0.889. The molecule has 74 valence electrons. The highest BCUT2D eigenvalue weighted by Gasteiger charge is 2.44. The van der Waals surface area contributed by atoms with Crippen LogP contribution in [0.15, 0.2) is 0 Å². The molecule has 1 saturated carbocycles. The molecular formula is C9H15NO3. The summed E-state index contributed by atoms with van der Waals surface area (Å²) in [7, 11) is 0. The zero-order valence-corrected chi connectivity index (χ0v) is 7.79. The third kappa shape index (κ3) is 1.56. The van der Waals surface area contributed by atoms with Crippen molar-refractivity contribution in [2.75, 3.05) is 6.61 Å². The van der Waals surface area contributed by atoms with Gasteiger partial charge in [-0.1, -0.05) is 6.42 Å². The maximum absolute atomic E-state index is 11.4. The molecule has 2 rings (SSSR count). The maximum atomic E-state index is 11.4. The van der Waals surface area contributed by atoms with E-state index in [1.807, 2.05) is 6.92 Å². The molecule has 0 aromatic carbocycles. The van der Waals surface area contributed by atoms with Gasteiger partial charge in [-0.25, -0.2) is 0 Å². The van der Waals surface area contributed by atoms with Crippen LogP contribution in [0.25, 0.3) is 0 Å². The van der Waals surface area contributed by atoms with Gasteiger partial charge in [0.25, 0.3) is 0 Å². The molecule has 0 unspecified atom stereocenters. The lowest BCUT2D eigenvalue weighted by Gasteiger charge is -2.13. The Bertz CT molecular complexity index is 207. The largest absolute Gasteiger partial charge is 0.465 e. The molecule has 0 radical (unpaired) electrons. The Hall–Kier alpha value is -0.610. The maximum Gasteiger partial charge on any atom is 0.325 e. The molecule has 1 aliphatic carbocycles. The van der Waals surface area contributed by atoms with Crippen molar-refractivity contribution < 1.29 is 14.4 Å². The standard InChI is InChI=1S/C9H15NO3/c1-2-12-9(11)8-6-4-3-5-7(6)13-10-8/h6-8,10H,2-5H2,1H3/t6-,7+,8+/m0/s1. The van der Waals surface area contributed by atoms with Gasteiger partial charge >= 0.3 is 5.97 Å². The number of hydrogen-bond acceptors (Lipinski definition) is 4. The second kappa shape index (κ2) is 3.64. The van der Waals surface area contributed by atoms with Crippen LogP contribution in [0.2, 0.25) is 0 Å². The smallest absolute Gasteiger partial charge is 0.325 e. The van der Waals surface area contributed by atoms with Crippen molar-refractivity contribution in [1.82, 2.24) is 5.48 Å². The molecule has 4 heteroatoms. The van der Waals surface area contributed by atoms with Gasteiger partial charge in [0.15, 0.2) is 0 Å². The Morgan fingerprint density at radius 3 is 3.23 bits per heavy atom. The number of esters is 1. The SMILES string of the molecule is CCOC(=O)[C@@H]1NO[C@@H]2CCC[C@@H]21. The van der Waals surface area contributed by atoms with Crippen molar-refractivity contribution in [2.24, 2.45) is 5.92 Å². The van der Waals surface area contributed by atoms with E-state index in [0.717, 1.165) is 19.3 Å². The Morgan fingerprint density at radius 2 is 2.46 bits per heavy atom. The van der Waals surface area contributed by atoms with Crippen molar-refractivity contribution >= 4 is 5.97 Å². The number of nitrogens with one attached hydrogen (secondary N) is 1. The van der Waals surface area contributed by atoms with E-state index in [1.165, 1.54) is 0 Å². The van der Waals surface area contributed by atoms with Crippen LogP contribution >= 0.6 is 0 Å². The van der Waals surface area contributed by atoms with E-state index in [1.54, 1.807) is 0 Å². The average molecular weight is 185 g/mol. The average Bonchev–Trinajstić information content (AvgIpc) is 2.62. The molecule has 13 heavy (non-hydrogen) atoms. The predicted molar refractivity (Wildman–Crippen MR) is 45.8 cm³/mol. The summed E-state index contributed by atoms with van der Waals surface area (Å²) >= 11 is 0. The molecule has 1 N–H and O–H groups in total. The molecule has 0 aromatic heterocycles. The monoisotopic (exact) mass is 185 g/mol. The van der Waals surface area contributed by atoms with Gasteiger partial charge in [0.05, 0.1) is 12.7 Å². The first-order valence-electron chi connectivity index (χ1n) is 4.90. The van der Waals surface area contributed by atoms with Gasteiger partial charge in [0, 0.05) is 5.92 Å². The Labute approximate surface area is 77.5 Å². The van der Waals surface area contributed by atoms with E-state index >= 15 is 0 Å². The lowest BCUT2D eigenvalue weighted by molar-refractivity contribution is -0.147. The van der Waals surface area contributed by atoms with Gasteiger partial charge in [-0.3, -0.25) is 9.63 Å². The molecule has 0 bridgehead atoms. The van der Waals surface area contributed by atoms with Crippen LogP contribution < -0.4 is 5.48 Å². The molecule has 3 atom stereocenters. The minimum Gasteiger partial charge on any atom is -0.465 e. The highest BCUT2D eigenvalue weighted by molar-refractivity contribution is 5.76. The minimum absolute atomic E-state index is 0.170. The summed E-state index contributed by atoms with van der Waals surface area (Å²) in [6.45, 7) is 2.26. The fourth-order valence-corrected chi connectivity index (χ4v) is 2.19. The third-order valence-corrected chi connectivity index (χ3v) is 2.82. The van der Waals surface area contributed by atoms with Crippen LogP contribution in [0, 0.1) is 5.92 Å². The summed E-state index contributed by atoms with van der Waals surface area (Å²) in [5, 5.41) is 0. The van der Waals surface area contributed by atoms with Crippen molar-refractivity contribution in [3.63, 3.8) is 0 Å². The van der Waals surface area contributed by atoms with Crippen LogP contribution in [0.1, 0.15) is 26.2 Å². The van der Waals surface area contributed by atoms with Crippen molar-refractivity contribution in [3.05, 3.63) is 0 Å². The summed E-state index contributed by atoms with van der Waals surface area (Å²) in [5.74, 6) is 0.163. The molecule has 0 amide bonds. The topological polar surface area (TPSA) is 47.6 Å². The number of carbonyl (C=O) groups excluding carboxylic acids is 1. The Balaban J connectivity index is 1.96. The Morgan fingerprint density at radius 1 is 1.62 bits per heavy atom. The van der Waals surface area contributed by atoms with Gasteiger partial charge in [-0.05, 0) is 19.8 Å². The molecule has 1 aliphatic heterocycles. The molecule has 1 saturated heterocycles. The van der Waals surface area contributed by atoms with Crippen LogP contribution in [-0.4, -0.2) is 24.7 Å². The van der Waals surface area contributed by atoms with Crippen molar-refractivity contribution in [3.8, 4) is 0 Å². The van der Waals surface area contributed by atoms with Crippen molar-refractivity contribution in [2.45, 2.75) is 38.3 Å². The number of hydrogen-bond donors (Lipinski definition) is 1. The first kappa shape index (κ1) is 8.97. The normalized spacial score (nSPS) is 37.5. The molecule has 2 fully saturated rings. The minimum atomic E-state index is -0.229. The lowest BCUT2D eigenvalue weighted by atomic mass is 9.98. The number of carbonyl (C=O) groups is 1. The Kier molecular flexibility index (Phi) is 2.51.